The minimum Gasteiger partial charge on any atom is -0.457 e. The number of benzene rings is 2. The third kappa shape index (κ3) is 5.56. The summed E-state index contributed by atoms with van der Waals surface area (Å²) in [5, 5.41) is 23.9. The van der Waals surface area contributed by atoms with E-state index in [1.165, 1.54) is 29.5 Å². The predicted molar refractivity (Wildman–Crippen MR) is 129 cm³/mol. The second-order valence-corrected chi connectivity index (χ2v) is 8.62. The Morgan fingerprint density at radius 1 is 1.24 bits per heavy atom. The highest BCUT2D eigenvalue weighted by Gasteiger charge is 2.14. The average molecular weight is 491 g/mol. The van der Waals surface area contributed by atoms with Crippen molar-refractivity contribution in [2.75, 3.05) is 5.32 Å². The van der Waals surface area contributed by atoms with Gasteiger partial charge in [0.25, 0.3) is 11.6 Å². The number of thiazole rings is 1. The number of hydrogen-bond donors (Lipinski definition) is 1. The average Bonchev–Trinajstić information content (AvgIpc) is 3.47. The number of aromatic nitrogens is 1. The van der Waals surface area contributed by atoms with Crippen LogP contribution in [0.4, 0.5) is 10.8 Å². The molecule has 2 aromatic heterocycles. The SMILES string of the molecule is N#CC(=Cc1ccc(-c2ccc([N+](=O)[O-])cc2)o1)C(=O)Nc1ncc(Cc2cccc(Cl)c2)s1. The monoisotopic (exact) mass is 490 g/mol. The molecule has 0 fully saturated rings. The molecule has 2 aromatic carbocycles. The van der Waals surface area contributed by atoms with Crippen LogP contribution in [0.1, 0.15) is 16.2 Å². The molecule has 0 spiro atoms. The Balaban J connectivity index is 1.44. The maximum Gasteiger partial charge on any atom is 0.269 e. The summed E-state index contributed by atoms with van der Waals surface area (Å²) in [6, 6.07) is 18.5. The minimum absolute atomic E-state index is 0.0308. The maximum atomic E-state index is 12.6. The summed E-state index contributed by atoms with van der Waals surface area (Å²) in [5.74, 6) is 0.129. The number of halogens is 1. The van der Waals surface area contributed by atoms with Crippen molar-refractivity contribution < 1.29 is 14.1 Å². The van der Waals surface area contributed by atoms with Crippen molar-refractivity contribution in [3.05, 3.63) is 104 Å². The molecule has 0 aliphatic heterocycles. The van der Waals surface area contributed by atoms with E-state index in [0.29, 0.717) is 33.7 Å². The molecule has 1 N–H and O–H groups in total. The van der Waals surface area contributed by atoms with Gasteiger partial charge in [-0.25, -0.2) is 4.98 Å². The van der Waals surface area contributed by atoms with Crippen molar-refractivity contribution in [3.63, 3.8) is 0 Å². The van der Waals surface area contributed by atoms with Gasteiger partial charge in [0, 0.05) is 46.3 Å². The lowest BCUT2D eigenvalue weighted by Crippen LogP contribution is -2.13. The Morgan fingerprint density at radius 3 is 2.74 bits per heavy atom. The number of nitriles is 1. The number of nitro groups is 1. The van der Waals surface area contributed by atoms with Gasteiger partial charge >= 0.3 is 0 Å². The number of carbonyl (C=O) groups is 1. The molecule has 0 saturated carbocycles. The van der Waals surface area contributed by atoms with Crippen LogP contribution >= 0.6 is 22.9 Å². The third-order valence-electron chi connectivity index (χ3n) is 4.68. The quantitative estimate of drug-likeness (QED) is 0.144. The van der Waals surface area contributed by atoms with Crippen LogP contribution < -0.4 is 5.32 Å². The number of furan rings is 1. The van der Waals surface area contributed by atoms with Crippen LogP contribution in [0.25, 0.3) is 17.4 Å². The lowest BCUT2D eigenvalue weighted by atomic mass is 10.1. The molecule has 0 aliphatic carbocycles. The zero-order valence-electron chi connectivity index (χ0n) is 17.4. The van der Waals surface area contributed by atoms with Crippen molar-refractivity contribution in [1.29, 1.82) is 5.26 Å². The van der Waals surface area contributed by atoms with E-state index >= 15 is 0 Å². The Bertz CT molecular complexity index is 1430. The molecule has 1 amide bonds. The van der Waals surface area contributed by atoms with E-state index in [1.54, 1.807) is 36.5 Å². The Morgan fingerprint density at radius 2 is 2.03 bits per heavy atom. The summed E-state index contributed by atoms with van der Waals surface area (Å²) >= 11 is 7.32. The Kier molecular flexibility index (Phi) is 6.82. The number of amides is 1. The summed E-state index contributed by atoms with van der Waals surface area (Å²) < 4.78 is 5.68. The van der Waals surface area contributed by atoms with Gasteiger partial charge in [0.1, 0.15) is 23.2 Å². The molecule has 4 rings (SSSR count). The van der Waals surface area contributed by atoms with E-state index < -0.39 is 10.8 Å². The highest BCUT2D eigenvalue weighted by atomic mass is 35.5. The number of anilines is 1. The molecule has 168 valence electrons. The second kappa shape index (κ2) is 10.1. The van der Waals surface area contributed by atoms with Gasteiger partial charge < -0.3 is 4.42 Å². The van der Waals surface area contributed by atoms with Gasteiger partial charge in [-0.2, -0.15) is 5.26 Å². The van der Waals surface area contributed by atoms with Crippen LogP contribution in [0.15, 0.2) is 76.9 Å². The number of rotatable bonds is 7. The molecular weight excluding hydrogens is 476 g/mol. The lowest BCUT2D eigenvalue weighted by Gasteiger charge is -2.00. The molecule has 0 radical (unpaired) electrons. The zero-order chi connectivity index (χ0) is 24.1. The molecule has 8 nitrogen and oxygen atoms in total. The molecule has 0 unspecified atom stereocenters. The van der Waals surface area contributed by atoms with E-state index in [0.717, 1.165) is 10.4 Å². The number of nitrogens with one attached hydrogen (secondary N) is 1. The Hall–Kier alpha value is -4.26. The van der Waals surface area contributed by atoms with Crippen LogP contribution in [0.2, 0.25) is 5.02 Å². The molecule has 2 heterocycles. The fourth-order valence-corrected chi connectivity index (χ4v) is 4.14. The zero-order valence-corrected chi connectivity index (χ0v) is 19.0. The lowest BCUT2D eigenvalue weighted by molar-refractivity contribution is -0.384. The number of non-ortho nitro benzene ring substituents is 1. The highest BCUT2D eigenvalue weighted by Crippen LogP contribution is 2.26. The topological polar surface area (TPSA) is 122 Å². The summed E-state index contributed by atoms with van der Waals surface area (Å²) in [7, 11) is 0. The molecule has 0 atom stereocenters. The van der Waals surface area contributed by atoms with Crippen LogP contribution in [-0.2, 0) is 11.2 Å². The Labute approximate surface area is 202 Å². The van der Waals surface area contributed by atoms with Crippen molar-refractivity contribution in [2.24, 2.45) is 0 Å². The first kappa shape index (κ1) is 22.9. The smallest absolute Gasteiger partial charge is 0.269 e. The van der Waals surface area contributed by atoms with E-state index in [1.807, 2.05) is 24.3 Å². The van der Waals surface area contributed by atoms with E-state index in [-0.39, 0.29) is 11.3 Å². The standard InChI is InChI=1S/C24H15ClN4O4S/c25-18-3-1-2-15(10-18)11-21-14-27-24(34-21)28-23(30)17(13-26)12-20-8-9-22(33-20)16-4-6-19(7-5-16)29(31)32/h1-10,12,14H,11H2,(H,27,28,30). The summed E-state index contributed by atoms with van der Waals surface area (Å²) in [5.41, 5.74) is 1.46. The van der Waals surface area contributed by atoms with Crippen LogP contribution in [0, 0.1) is 21.4 Å². The molecule has 34 heavy (non-hydrogen) atoms. The summed E-state index contributed by atoms with van der Waals surface area (Å²) in [4.78, 5) is 28.0. The molecule has 0 saturated heterocycles. The molecule has 10 heteroatoms. The first-order valence-corrected chi connectivity index (χ1v) is 11.1. The van der Waals surface area contributed by atoms with E-state index in [9.17, 15) is 20.2 Å². The summed E-state index contributed by atoms with van der Waals surface area (Å²) in [6.07, 6.45) is 3.61. The van der Waals surface area contributed by atoms with Crippen molar-refractivity contribution in [3.8, 4) is 17.4 Å². The van der Waals surface area contributed by atoms with Gasteiger partial charge in [0.2, 0.25) is 0 Å². The number of hydrogen-bond acceptors (Lipinski definition) is 7. The fourth-order valence-electron chi connectivity index (χ4n) is 3.08. The number of carbonyl (C=O) groups excluding carboxylic acids is 1. The van der Waals surface area contributed by atoms with Crippen LogP contribution in [-0.4, -0.2) is 15.8 Å². The molecule has 0 bridgehead atoms. The predicted octanol–water partition coefficient (Wildman–Crippen LogP) is 6.10. The van der Waals surface area contributed by atoms with Gasteiger partial charge in [0.05, 0.1) is 4.92 Å². The molecule has 4 aromatic rings. The first-order valence-electron chi connectivity index (χ1n) is 9.88. The van der Waals surface area contributed by atoms with E-state index in [2.05, 4.69) is 10.3 Å². The third-order valence-corrected chi connectivity index (χ3v) is 5.83. The number of nitrogens with zero attached hydrogens (tertiary/aromatic N) is 3. The van der Waals surface area contributed by atoms with Crippen molar-refractivity contribution in [1.82, 2.24) is 4.98 Å². The minimum atomic E-state index is -0.612. The number of nitro benzene ring substituents is 1. The molecule has 0 aliphatic rings. The van der Waals surface area contributed by atoms with Crippen LogP contribution in [0.3, 0.4) is 0 Å². The highest BCUT2D eigenvalue weighted by molar-refractivity contribution is 7.15. The summed E-state index contributed by atoms with van der Waals surface area (Å²) in [6.45, 7) is 0. The van der Waals surface area contributed by atoms with Gasteiger partial charge in [0.15, 0.2) is 5.13 Å². The maximum absolute atomic E-state index is 12.6. The van der Waals surface area contributed by atoms with Gasteiger partial charge in [-0.05, 0) is 42.0 Å². The molecular formula is C24H15ClN4O4S. The van der Waals surface area contributed by atoms with Gasteiger partial charge in [-0.15, -0.1) is 11.3 Å². The van der Waals surface area contributed by atoms with Crippen LogP contribution in [0.5, 0.6) is 0 Å². The van der Waals surface area contributed by atoms with Gasteiger partial charge in [-0.3, -0.25) is 20.2 Å². The first-order chi connectivity index (χ1) is 16.4. The fraction of sp³-hybridized carbons (Fsp3) is 0.0417. The van der Waals surface area contributed by atoms with Gasteiger partial charge in [-0.1, -0.05) is 23.7 Å². The van der Waals surface area contributed by atoms with Crippen molar-refractivity contribution in [2.45, 2.75) is 6.42 Å². The largest absolute Gasteiger partial charge is 0.457 e. The second-order valence-electron chi connectivity index (χ2n) is 7.07. The van der Waals surface area contributed by atoms with Crippen molar-refractivity contribution >= 4 is 45.7 Å². The normalized spacial score (nSPS) is 11.1. The van der Waals surface area contributed by atoms with E-state index in [4.69, 9.17) is 16.0 Å².